The summed E-state index contributed by atoms with van der Waals surface area (Å²) in [4.78, 5) is 17.2. The fraction of sp³-hybridized carbons (Fsp3) is 0. The zero-order chi connectivity index (χ0) is 7.61. The first kappa shape index (κ1) is 14.9. The molecule has 1 rings (SSSR count). The first-order valence-electron chi connectivity index (χ1n) is 2.72. The Labute approximate surface area is 94.3 Å². The third kappa shape index (κ3) is 4.41. The van der Waals surface area contributed by atoms with E-state index in [1.54, 1.807) is 18.2 Å². The van der Waals surface area contributed by atoms with E-state index in [9.17, 15) is 4.57 Å². The molecule has 5 heteroatoms. The van der Waals surface area contributed by atoms with Gasteiger partial charge in [0.05, 0.1) is 5.30 Å². The maximum absolute atomic E-state index is 10.5. The van der Waals surface area contributed by atoms with Gasteiger partial charge in [-0.1, -0.05) is 18.2 Å². The molecule has 1 aromatic rings. The molecule has 0 amide bonds. The van der Waals surface area contributed by atoms with Gasteiger partial charge in [-0.3, -0.25) is 4.57 Å². The van der Waals surface area contributed by atoms with E-state index < -0.39 is 7.60 Å². The van der Waals surface area contributed by atoms with Crippen LogP contribution in [0.15, 0.2) is 30.3 Å². The zero-order valence-electron chi connectivity index (χ0n) is 7.14. The second-order valence-electron chi connectivity index (χ2n) is 1.88. The van der Waals surface area contributed by atoms with Crippen LogP contribution in [0.4, 0.5) is 0 Å². The monoisotopic (exact) mass is 196 g/mol. The topological polar surface area (TPSA) is 57.5 Å². The summed E-state index contributed by atoms with van der Waals surface area (Å²) >= 11 is 0. The third-order valence-electron chi connectivity index (χ3n) is 1.09. The van der Waals surface area contributed by atoms with Gasteiger partial charge >= 0.3 is 37.2 Å². The summed E-state index contributed by atoms with van der Waals surface area (Å²) in [7, 11) is -4.02. The summed E-state index contributed by atoms with van der Waals surface area (Å²) in [5, 5.41) is 0.0648. The average molecular weight is 196 g/mol. The van der Waals surface area contributed by atoms with Crippen LogP contribution in [0.25, 0.3) is 0 Å². The number of rotatable bonds is 1. The van der Waals surface area contributed by atoms with Crippen molar-refractivity contribution in [2.24, 2.45) is 0 Å². The normalized spacial score (nSPS) is 9.50. The van der Waals surface area contributed by atoms with Gasteiger partial charge in [-0.25, -0.2) is 0 Å². The van der Waals surface area contributed by atoms with Crippen LogP contribution >= 0.6 is 7.60 Å². The third-order valence-corrected chi connectivity index (χ3v) is 2.06. The van der Waals surface area contributed by atoms with Crippen LogP contribution < -0.4 is 34.9 Å². The zero-order valence-corrected chi connectivity index (χ0v) is 10.0. The van der Waals surface area contributed by atoms with Crippen LogP contribution in [0.2, 0.25) is 0 Å². The first-order valence-corrected chi connectivity index (χ1v) is 4.33. The van der Waals surface area contributed by atoms with Gasteiger partial charge in [-0.15, -0.1) is 0 Å². The van der Waals surface area contributed by atoms with E-state index in [4.69, 9.17) is 9.79 Å². The fourth-order valence-electron chi connectivity index (χ4n) is 0.622. The Morgan fingerprint density at radius 2 is 1.50 bits per heavy atom. The molecule has 0 radical (unpaired) electrons. The van der Waals surface area contributed by atoms with Crippen molar-refractivity contribution in [1.82, 2.24) is 0 Å². The van der Waals surface area contributed by atoms with Crippen molar-refractivity contribution in [2.75, 3.05) is 0 Å². The number of hydrogen-bond donors (Lipinski definition) is 2. The van der Waals surface area contributed by atoms with Crippen LogP contribution in [0.1, 0.15) is 0 Å². The Kier molecular flexibility index (Phi) is 7.34. The van der Waals surface area contributed by atoms with Crippen LogP contribution in [-0.4, -0.2) is 9.79 Å². The molecular formula is C7H10NaO3P. The minimum absolute atomic E-state index is 0. The van der Waals surface area contributed by atoms with Crippen LogP contribution in [0.5, 0.6) is 0 Å². The van der Waals surface area contributed by atoms with E-state index in [2.05, 4.69) is 0 Å². The minimum Gasteiger partial charge on any atom is -0.358 e. The summed E-state index contributed by atoms with van der Waals surface area (Å²) in [6.07, 6.45) is 0. The molecule has 0 aliphatic heterocycles. The van der Waals surface area contributed by atoms with Gasteiger partial charge in [0, 0.05) is 0 Å². The molecular weight excluding hydrogens is 186 g/mol. The van der Waals surface area contributed by atoms with Crippen molar-refractivity contribution in [3.8, 4) is 0 Å². The predicted molar refractivity (Wildman–Crippen MR) is 44.5 cm³/mol. The molecule has 0 unspecified atom stereocenters. The molecule has 2 N–H and O–H groups in total. The summed E-state index contributed by atoms with van der Waals surface area (Å²) in [5.74, 6) is 0. The molecule has 0 aliphatic rings. The quantitative estimate of drug-likeness (QED) is 0.308. The molecule has 62 valence electrons. The van der Waals surface area contributed by atoms with Crippen LogP contribution in [0.3, 0.4) is 0 Å². The minimum atomic E-state index is -4.02. The first-order chi connectivity index (χ1) is 4.61. The van der Waals surface area contributed by atoms with Crippen molar-refractivity contribution in [3.05, 3.63) is 37.8 Å². The molecule has 0 atom stereocenters. The largest absolute Gasteiger partial charge is 1.00 e. The van der Waals surface area contributed by atoms with Gasteiger partial charge in [0.1, 0.15) is 0 Å². The summed E-state index contributed by atoms with van der Waals surface area (Å²) in [6.45, 7) is 0. The van der Waals surface area contributed by atoms with Gasteiger partial charge in [-0.2, -0.15) is 0 Å². The SMILES string of the molecule is O=P(O)(O)c1ccccc1.[CH3-].[Na+]. The fourth-order valence-corrected chi connectivity index (χ4v) is 1.18. The van der Waals surface area contributed by atoms with E-state index in [-0.39, 0.29) is 42.3 Å². The van der Waals surface area contributed by atoms with Crippen LogP contribution in [0, 0.1) is 7.43 Å². The summed E-state index contributed by atoms with van der Waals surface area (Å²) in [6, 6.07) is 7.70. The van der Waals surface area contributed by atoms with Crippen molar-refractivity contribution in [1.29, 1.82) is 0 Å². The second-order valence-corrected chi connectivity index (χ2v) is 3.48. The van der Waals surface area contributed by atoms with Crippen molar-refractivity contribution < 1.29 is 43.9 Å². The molecule has 0 aromatic heterocycles. The van der Waals surface area contributed by atoms with Crippen molar-refractivity contribution in [2.45, 2.75) is 0 Å². The van der Waals surface area contributed by atoms with Crippen molar-refractivity contribution >= 4 is 12.9 Å². The standard InChI is InChI=1S/C6H7O3P.CH3.Na/c7-10(8,9)6-4-2-1-3-5-6;;/h1-5H,(H2,7,8,9);1H3;/q;-1;+1. The molecule has 0 spiro atoms. The molecule has 0 aliphatic carbocycles. The van der Waals surface area contributed by atoms with Gasteiger partial charge in [0.25, 0.3) is 0 Å². The van der Waals surface area contributed by atoms with Gasteiger partial charge in [0.15, 0.2) is 0 Å². The van der Waals surface area contributed by atoms with Crippen LogP contribution in [-0.2, 0) is 4.57 Å². The van der Waals surface area contributed by atoms with E-state index >= 15 is 0 Å². The maximum Gasteiger partial charge on any atom is 1.00 e. The van der Waals surface area contributed by atoms with Gasteiger partial charge in [0.2, 0.25) is 0 Å². The van der Waals surface area contributed by atoms with Gasteiger partial charge < -0.3 is 17.2 Å². The Morgan fingerprint density at radius 3 is 1.75 bits per heavy atom. The molecule has 12 heavy (non-hydrogen) atoms. The van der Waals surface area contributed by atoms with E-state index in [1.807, 2.05) is 0 Å². The molecule has 0 heterocycles. The predicted octanol–water partition coefficient (Wildman–Crippen LogP) is -2.06. The number of benzene rings is 1. The van der Waals surface area contributed by atoms with E-state index in [0.717, 1.165) is 0 Å². The average Bonchev–Trinajstić information content (AvgIpc) is 1.88. The van der Waals surface area contributed by atoms with E-state index in [1.165, 1.54) is 12.1 Å². The Hall–Kier alpha value is 0.370. The molecule has 0 saturated heterocycles. The molecule has 0 saturated carbocycles. The molecule has 1 aromatic carbocycles. The Bertz CT molecular complexity index is 257. The molecule has 3 nitrogen and oxygen atoms in total. The number of hydrogen-bond acceptors (Lipinski definition) is 1. The second kappa shape index (κ2) is 5.92. The maximum atomic E-state index is 10.5. The van der Waals surface area contributed by atoms with E-state index in [0.29, 0.717) is 0 Å². The Balaban J connectivity index is 0. The van der Waals surface area contributed by atoms with Gasteiger partial charge in [-0.05, 0) is 12.1 Å². The smallest absolute Gasteiger partial charge is 0.358 e. The summed E-state index contributed by atoms with van der Waals surface area (Å²) < 4.78 is 10.5. The van der Waals surface area contributed by atoms with Crippen molar-refractivity contribution in [3.63, 3.8) is 0 Å². The Morgan fingerprint density at radius 1 is 1.08 bits per heavy atom. The summed E-state index contributed by atoms with van der Waals surface area (Å²) in [5.41, 5.74) is 0. The molecule has 0 bridgehead atoms. The molecule has 0 fully saturated rings.